The summed E-state index contributed by atoms with van der Waals surface area (Å²) in [7, 11) is 0. The van der Waals surface area contributed by atoms with Crippen molar-refractivity contribution < 1.29 is 4.79 Å². The van der Waals surface area contributed by atoms with E-state index in [4.69, 9.17) is 0 Å². The maximum atomic E-state index is 12.4. The Morgan fingerprint density at radius 3 is 2.53 bits per heavy atom. The second-order valence-corrected chi connectivity index (χ2v) is 5.66. The average molecular weight is 252 g/mol. The molecule has 98 valence electrons. The Hall–Kier alpha value is -1.89. The summed E-state index contributed by atoms with van der Waals surface area (Å²) in [6, 6.07) is 9.92. The number of hydrogen-bond acceptors (Lipinski definition) is 1. The molecule has 0 saturated heterocycles. The fourth-order valence-electron chi connectivity index (χ4n) is 2.60. The zero-order valence-electron chi connectivity index (χ0n) is 11.8. The molecule has 0 bridgehead atoms. The lowest BCUT2D eigenvalue weighted by Crippen LogP contribution is -2.23. The molecule has 0 N–H and O–H groups in total. The number of rotatable bonds is 3. The minimum absolute atomic E-state index is 0.0725. The Labute approximate surface area is 115 Å². The first-order valence-electron chi connectivity index (χ1n) is 6.66. The fraction of sp³-hybridized carbons (Fsp3) is 0.278. The van der Waals surface area contributed by atoms with Gasteiger partial charge in [-0.05, 0) is 36.0 Å². The van der Waals surface area contributed by atoms with Crippen LogP contribution >= 0.6 is 0 Å². The molecule has 2 rings (SSSR count). The third-order valence-electron chi connectivity index (χ3n) is 3.54. The van der Waals surface area contributed by atoms with Gasteiger partial charge in [-0.15, -0.1) is 0 Å². The van der Waals surface area contributed by atoms with E-state index in [0.717, 1.165) is 23.1 Å². The molecule has 1 aromatic rings. The largest absolute Gasteiger partial charge is 0.290 e. The second kappa shape index (κ2) is 5.40. The predicted molar refractivity (Wildman–Crippen MR) is 80.7 cm³/mol. The van der Waals surface area contributed by atoms with Gasteiger partial charge in [-0.1, -0.05) is 62.4 Å². The van der Waals surface area contributed by atoms with Crippen molar-refractivity contribution in [1.29, 1.82) is 0 Å². The molecule has 0 saturated carbocycles. The minimum Gasteiger partial charge on any atom is -0.290 e. The van der Waals surface area contributed by atoms with Gasteiger partial charge in [0.25, 0.3) is 0 Å². The molecule has 0 aromatic heterocycles. The van der Waals surface area contributed by atoms with Crippen LogP contribution in [0.15, 0.2) is 59.7 Å². The highest BCUT2D eigenvalue weighted by molar-refractivity contribution is 6.08. The van der Waals surface area contributed by atoms with Crippen LogP contribution in [0.5, 0.6) is 0 Å². The van der Waals surface area contributed by atoms with Gasteiger partial charge in [-0.2, -0.15) is 0 Å². The molecular formula is C18H20O. The van der Waals surface area contributed by atoms with Gasteiger partial charge >= 0.3 is 0 Å². The number of allylic oxidation sites excluding steroid dienone is 5. The van der Waals surface area contributed by atoms with Crippen LogP contribution in [0.1, 0.15) is 32.8 Å². The molecule has 1 heteroatoms. The molecule has 1 nitrogen and oxygen atoms in total. The summed E-state index contributed by atoms with van der Waals surface area (Å²) in [4.78, 5) is 12.4. The van der Waals surface area contributed by atoms with E-state index in [1.54, 1.807) is 6.08 Å². The quantitative estimate of drug-likeness (QED) is 0.720. The van der Waals surface area contributed by atoms with Crippen LogP contribution in [0.2, 0.25) is 0 Å². The van der Waals surface area contributed by atoms with Crippen molar-refractivity contribution in [3.05, 3.63) is 65.3 Å². The van der Waals surface area contributed by atoms with E-state index >= 15 is 0 Å². The zero-order chi connectivity index (χ0) is 13.9. The second-order valence-electron chi connectivity index (χ2n) is 5.66. The normalized spacial score (nSPS) is 18.1. The van der Waals surface area contributed by atoms with E-state index in [9.17, 15) is 4.79 Å². The first kappa shape index (κ1) is 13.5. The summed E-state index contributed by atoms with van der Waals surface area (Å²) in [6.45, 7) is 6.27. The summed E-state index contributed by atoms with van der Waals surface area (Å²) in [5.74, 6) is 0.121. The Morgan fingerprint density at radius 1 is 1.21 bits per heavy atom. The van der Waals surface area contributed by atoms with E-state index in [2.05, 4.69) is 26.0 Å². The molecule has 0 aliphatic heterocycles. The van der Waals surface area contributed by atoms with Gasteiger partial charge in [-0.3, -0.25) is 4.79 Å². The zero-order valence-corrected chi connectivity index (χ0v) is 11.8. The summed E-state index contributed by atoms with van der Waals surface area (Å²) in [6.07, 6.45) is 8.69. The third-order valence-corrected chi connectivity index (χ3v) is 3.54. The van der Waals surface area contributed by atoms with Gasteiger partial charge in [0.2, 0.25) is 0 Å². The van der Waals surface area contributed by atoms with Crippen molar-refractivity contribution in [3.8, 4) is 0 Å². The highest BCUT2D eigenvalue weighted by Crippen LogP contribution is 2.37. The van der Waals surface area contributed by atoms with E-state index in [0.29, 0.717) is 0 Å². The molecule has 1 aliphatic carbocycles. The van der Waals surface area contributed by atoms with Crippen LogP contribution in [-0.4, -0.2) is 5.78 Å². The monoisotopic (exact) mass is 252 g/mol. The highest BCUT2D eigenvalue weighted by atomic mass is 16.1. The van der Waals surface area contributed by atoms with E-state index in [1.807, 2.05) is 43.3 Å². The molecule has 0 amide bonds. The number of ketones is 1. The molecule has 0 unspecified atom stereocenters. The van der Waals surface area contributed by atoms with Crippen molar-refractivity contribution in [1.82, 2.24) is 0 Å². The molecule has 19 heavy (non-hydrogen) atoms. The lowest BCUT2D eigenvalue weighted by atomic mass is 9.74. The summed E-state index contributed by atoms with van der Waals surface area (Å²) in [5, 5.41) is 0. The van der Waals surface area contributed by atoms with Crippen molar-refractivity contribution in [3.63, 3.8) is 0 Å². The number of hydrogen-bond donors (Lipinski definition) is 0. The molecule has 0 spiro atoms. The first-order valence-corrected chi connectivity index (χ1v) is 6.66. The molecule has 0 radical (unpaired) electrons. The van der Waals surface area contributed by atoms with Crippen molar-refractivity contribution in [2.75, 3.05) is 0 Å². The van der Waals surface area contributed by atoms with E-state index in [1.165, 1.54) is 0 Å². The summed E-state index contributed by atoms with van der Waals surface area (Å²) in [5.41, 5.74) is 3.00. The van der Waals surface area contributed by atoms with Gasteiger partial charge < -0.3 is 0 Å². The molecule has 1 aliphatic rings. The smallest absolute Gasteiger partial charge is 0.182 e. The van der Waals surface area contributed by atoms with Gasteiger partial charge in [-0.25, -0.2) is 0 Å². The summed E-state index contributed by atoms with van der Waals surface area (Å²) >= 11 is 0. The van der Waals surface area contributed by atoms with Crippen LogP contribution in [0, 0.1) is 5.41 Å². The van der Waals surface area contributed by atoms with Crippen molar-refractivity contribution in [2.24, 2.45) is 5.41 Å². The SMILES string of the molecule is CC1=C(C(=O)/C=C/c2ccccc2)C(C)(C)CC=C1. The maximum absolute atomic E-state index is 12.4. The topological polar surface area (TPSA) is 17.1 Å². The third kappa shape index (κ3) is 3.11. The van der Waals surface area contributed by atoms with Crippen LogP contribution in [0.3, 0.4) is 0 Å². The Morgan fingerprint density at radius 2 is 1.89 bits per heavy atom. The van der Waals surface area contributed by atoms with E-state index in [-0.39, 0.29) is 11.2 Å². The number of carbonyl (C=O) groups is 1. The van der Waals surface area contributed by atoms with Gasteiger partial charge in [0.1, 0.15) is 0 Å². The predicted octanol–water partition coefficient (Wildman–Crippen LogP) is 4.57. The van der Waals surface area contributed by atoms with Gasteiger partial charge in [0, 0.05) is 5.57 Å². The van der Waals surface area contributed by atoms with Crippen LogP contribution < -0.4 is 0 Å². The Kier molecular flexibility index (Phi) is 3.84. The standard InChI is InChI=1S/C18H20O/c1-14-8-7-13-18(2,3)17(14)16(19)12-11-15-9-5-4-6-10-15/h4-12H,13H2,1-3H3/b12-11+. The van der Waals surface area contributed by atoms with Crippen LogP contribution in [0.25, 0.3) is 6.08 Å². The fourth-order valence-corrected chi connectivity index (χ4v) is 2.60. The van der Waals surface area contributed by atoms with E-state index < -0.39 is 0 Å². The molecule has 0 fully saturated rings. The summed E-state index contributed by atoms with van der Waals surface area (Å²) < 4.78 is 0. The highest BCUT2D eigenvalue weighted by Gasteiger charge is 2.29. The van der Waals surface area contributed by atoms with Crippen LogP contribution in [0.4, 0.5) is 0 Å². The van der Waals surface area contributed by atoms with Crippen molar-refractivity contribution >= 4 is 11.9 Å². The molecule has 0 atom stereocenters. The minimum atomic E-state index is -0.0725. The van der Waals surface area contributed by atoms with Gasteiger partial charge in [0.05, 0.1) is 0 Å². The number of benzene rings is 1. The van der Waals surface area contributed by atoms with Crippen molar-refractivity contribution in [2.45, 2.75) is 27.2 Å². The Bertz CT molecular complexity index is 557. The molecule has 1 aromatic carbocycles. The first-order chi connectivity index (χ1) is 9.00. The lowest BCUT2D eigenvalue weighted by Gasteiger charge is -2.29. The average Bonchev–Trinajstić information content (AvgIpc) is 2.36. The van der Waals surface area contributed by atoms with Gasteiger partial charge in [0.15, 0.2) is 5.78 Å². The Balaban J connectivity index is 2.25. The lowest BCUT2D eigenvalue weighted by molar-refractivity contribution is -0.112. The molecule has 0 heterocycles. The number of carbonyl (C=O) groups excluding carboxylic acids is 1. The van der Waals surface area contributed by atoms with Crippen LogP contribution in [-0.2, 0) is 4.79 Å². The molecular weight excluding hydrogens is 232 g/mol. The maximum Gasteiger partial charge on any atom is 0.182 e.